The molecule has 3 aromatic rings. The number of para-hydroxylation sites is 1. The lowest BCUT2D eigenvalue weighted by Crippen LogP contribution is -2.39. The van der Waals surface area contributed by atoms with Gasteiger partial charge in [0.25, 0.3) is 5.91 Å². The van der Waals surface area contributed by atoms with Crippen LogP contribution in [0.4, 0.5) is 0 Å². The number of carbonyl (C=O) groups excluding carboxylic acids is 1. The van der Waals surface area contributed by atoms with Crippen molar-refractivity contribution in [3.8, 4) is 0 Å². The summed E-state index contributed by atoms with van der Waals surface area (Å²) in [6.07, 6.45) is 2.44. The topological polar surface area (TPSA) is 33.2 Å². The third-order valence-electron chi connectivity index (χ3n) is 5.33. The van der Waals surface area contributed by atoms with Gasteiger partial charge in [-0.15, -0.1) is 0 Å². The van der Waals surface area contributed by atoms with E-state index in [0.29, 0.717) is 12.5 Å². The summed E-state index contributed by atoms with van der Waals surface area (Å²) in [5.74, 6) is 0.729. The summed E-state index contributed by atoms with van der Waals surface area (Å²) < 4.78 is 0. The van der Waals surface area contributed by atoms with Crippen LogP contribution in [0.15, 0.2) is 60.7 Å². The number of hydrogen-bond donors (Lipinski definition) is 0. The number of amides is 1. The van der Waals surface area contributed by atoms with Gasteiger partial charge in [-0.05, 0) is 50.3 Å². The first kappa shape index (κ1) is 16.8. The van der Waals surface area contributed by atoms with Crippen LogP contribution >= 0.6 is 0 Å². The maximum Gasteiger partial charge on any atom is 0.255 e. The van der Waals surface area contributed by atoms with E-state index in [-0.39, 0.29) is 11.9 Å². The van der Waals surface area contributed by atoms with Crippen molar-refractivity contribution in [2.45, 2.75) is 39.3 Å². The zero-order valence-corrected chi connectivity index (χ0v) is 15.4. The molecule has 2 aromatic carbocycles. The van der Waals surface area contributed by atoms with Crippen LogP contribution in [-0.4, -0.2) is 21.8 Å². The molecule has 1 aromatic heterocycles. The van der Waals surface area contributed by atoms with Crippen LogP contribution in [0.5, 0.6) is 0 Å². The van der Waals surface area contributed by atoms with E-state index in [1.165, 1.54) is 18.4 Å². The number of carbonyl (C=O) groups is 1. The van der Waals surface area contributed by atoms with Gasteiger partial charge in [0.15, 0.2) is 0 Å². The molecule has 1 unspecified atom stereocenters. The average Bonchev–Trinajstić information content (AvgIpc) is 3.50. The molecule has 1 atom stereocenters. The molecule has 0 bridgehead atoms. The highest BCUT2D eigenvalue weighted by molar-refractivity contribution is 6.06. The summed E-state index contributed by atoms with van der Waals surface area (Å²) in [6, 6.07) is 20.4. The Kier molecular flexibility index (Phi) is 4.46. The summed E-state index contributed by atoms with van der Waals surface area (Å²) >= 11 is 0. The van der Waals surface area contributed by atoms with Crippen molar-refractivity contribution in [3.63, 3.8) is 0 Å². The number of rotatable bonds is 5. The predicted octanol–water partition coefficient (Wildman–Crippen LogP) is 4.98. The third kappa shape index (κ3) is 3.34. The van der Waals surface area contributed by atoms with Crippen LogP contribution in [-0.2, 0) is 6.54 Å². The van der Waals surface area contributed by atoms with E-state index in [2.05, 4.69) is 24.0 Å². The van der Waals surface area contributed by atoms with Crippen LogP contribution in [0.25, 0.3) is 10.9 Å². The zero-order valence-electron chi connectivity index (χ0n) is 15.4. The molecule has 0 saturated heterocycles. The molecular weight excluding hydrogens is 320 g/mol. The van der Waals surface area contributed by atoms with Gasteiger partial charge in [-0.3, -0.25) is 9.78 Å². The van der Waals surface area contributed by atoms with Crippen molar-refractivity contribution in [1.29, 1.82) is 0 Å². The van der Waals surface area contributed by atoms with Crippen molar-refractivity contribution in [2.24, 2.45) is 5.92 Å². The van der Waals surface area contributed by atoms with Gasteiger partial charge >= 0.3 is 0 Å². The normalized spacial score (nSPS) is 15.0. The van der Waals surface area contributed by atoms with Crippen LogP contribution in [0, 0.1) is 12.8 Å². The van der Waals surface area contributed by atoms with Crippen LogP contribution in [0.3, 0.4) is 0 Å². The summed E-state index contributed by atoms with van der Waals surface area (Å²) in [4.78, 5) is 20.2. The number of pyridine rings is 1. The molecule has 0 aliphatic heterocycles. The Morgan fingerprint density at radius 2 is 1.81 bits per heavy atom. The fraction of sp³-hybridized carbons (Fsp3) is 0.304. The Bertz CT molecular complexity index is 931. The lowest BCUT2D eigenvalue weighted by molar-refractivity contribution is 0.0656. The highest BCUT2D eigenvalue weighted by atomic mass is 16.2. The Labute approximate surface area is 154 Å². The van der Waals surface area contributed by atoms with E-state index < -0.39 is 0 Å². The quantitative estimate of drug-likeness (QED) is 0.654. The van der Waals surface area contributed by atoms with Gasteiger partial charge in [-0.1, -0.05) is 48.5 Å². The fourth-order valence-corrected chi connectivity index (χ4v) is 3.65. The van der Waals surface area contributed by atoms with Gasteiger partial charge in [-0.2, -0.15) is 0 Å². The number of aromatic nitrogens is 1. The van der Waals surface area contributed by atoms with Gasteiger partial charge in [0.2, 0.25) is 0 Å². The summed E-state index contributed by atoms with van der Waals surface area (Å²) in [7, 11) is 0. The molecule has 26 heavy (non-hydrogen) atoms. The Hall–Kier alpha value is -2.68. The molecule has 1 fully saturated rings. The first-order valence-corrected chi connectivity index (χ1v) is 9.35. The number of hydrogen-bond acceptors (Lipinski definition) is 2. The molecule has 1 aliphatic carbocycles. The minimum atomic E-state index is 0.106. The van der Waals surface area contributed by atoms with Gasteiger partial charge in [0.05, 0.1) is 11.1 Å². The lowest BCUT2D eigenvalue weighted by atomic mass is 10.0. The highest BCUT2D eigenvalue weighted by Gasteiger charge is 2.35. The third-order valence-corrected chi connectivity index (χ3v) is 5.33. The minimum absolute atomic E-state index is 0.106. The first-order chi connectivity index (χ1) is 12.6. The fourth-order valence-electron chi connectivity index (χ4n) is 3.65. The molecule has 0 radical (unpaired) electrons. The summed E-state index contributed by atoms with van der Waals surface area (Å²) in [6.45, 7) is 4.79. The maximum absolute atomic E-state index is 13.6. The summed E-state index contributed by atoms with van der Waals surface area (Å²) in [5.41, 5.74) is 3.69. The number of aryl methyl sites for hydroxylation is 1. The van der Waals surface area contributed by atoms with Crippen molar-refractivity contribution in [1.82, 2.24) is 9.88 Å². The van der Waals surface area contributed by atoms with Gasteiger partial charge in [-0.25, -0.2) is 0 Å². The molecule has 1 heterocycles. The van der Waals surface area contributed by atoms with E-state index in [1.54, 1.807) is 0 Å². The van der Waals surface area contributed by atoms with Crippen molar-refractivity contribution >= 4 is 16.8 Å². The molecular formula is C23H24N2O. The van der Waals surface area contributed by atoms with E-state index in [9.17, 15) is 4.79 Å². The van der Waals surface area contributed by atoms with Crippen LogP contribution in [0.1, 0.15) is 41.4 Å². The SMILES string of the molecule is Cc1cc(C(=O)N(Cc2ccccc2)C(C)C2CC2)c2ccccc2n1. The second-order valence-electron chi connectivity index (χ2n) is 7.33. The molecule has 1 aliphatic rings. The van der Waals surface area contributed by atoms with Crippen molar-refractivity contribution in [2.75, 3.05) is 0 Å². The lowest BCUT2D eigenvalue weighted by Gasteiger charge is -2.30. The Balaban J connectivity index is 1.74. The standard InChI is InChI=1S/C23H24N2O/c1-16-14-21(20-10-6-7-11-22(20)24-16)23(26)25(17(2)19-12-13-19)15-18-8-4-3-5-9-18/h3-11,14,17,19H,12-13,15H2,1-2H3. The number of nitrogens with zero attached hydrogens (tertiary/aromatic N) is 2. The zero-order chi connectivity index (χ0) is 18.1. The molecule has 0 N–H and O–H groups in total. The van der Waals surface area contributed by atoms with E-state index in [4.69, 9.17) is 0 Å². The molecule has 0 spiro atoms. The second kappa shape index (κ2) is 6.91. The molecule has 4 rings (SSSR count). The second-order valence-corrected chi connectivity index (χ2v) is 7.33. The largest absolute Gasteiger partial charge is 0.331 e. The van der Waals surface area contributed by atoms with Crippen LogP contribution in [0.2, 0.25) is 0 Å². The van der Waals surface area contributed by atoms with Crippen LogP contribution < -0.4 is 0 Å². The Morgan fingerprint density at radius 1 is 1.12 bits per heavy atom. The van der Waals surface area contributed by atoms with Gasteiger partial charge in [0, 0.05) is 23.7 Å². The first-order valence-electron chi connectivity index (χ1n) is 9.35. The Morgan fingerprint density at radius 3 is 2.54 bits per heavy atom. The van der Waals surface area contributed by atoms with E-state index >= 15 is 0 Å². The summed E-state index contributed by atoms with van der Waals surface area (Å²) in [5, 5.41) is 0.934. The van der Waals surface area contributed by atoms with E-state index in [1.807, 2.05) is 60.4 Å². The molecule has 132 valence electrons. The molecule has 1 saturated carbocycles. The minimum Gasteiger partial charge on any atom is -0.331 e. The maximum atomic E-state index is 13.6. The number of benzene rings is 2. The molecule has 3 heteroatoms. The monoisotopic (exact) mass is 344 g/mol. The number of fused-ring (bicyclic) bond motifs is 1. The highest BCUT2D eigenvalue weighted by Crippen LogP contribution is 2.36. The predicted molar refractivity (Wildman–Crippen MR) is 105 cm³/mol. The van der Waals surface area contributed by atoms with Crippen molar-refractivity contribution in [3.05, 3.63) is 77.5 Å². The van der Waals surface area contributed by atoms with E-state index in [0.717, 1.165) is 22.2 Å². The van der Waals surface area contributed by atoms with Gasteiger partial charge in [0.1, 0.15) is 0 Å². The van der Waals surface area contributed by atoms with Crippen molar-refractivity contribution < 1.29 is 4.79 Å². The average molecular weight is 344 g/mol. The molecule has 1 amide bonds. The van der Waals surface area contributed by atoms with Gasteiger partial charge < -0.3 is 4.90 Å². The smallest absolute Gasteiger partial charge is 0.255 e. The molecule has 3 nitrogen and oxygen atoms in total.